The van der Waals surface area contributed by atoms with Gasteiger partial charge in [-0.3, -0.25) is 4.79 Å². The molecule has 0 N–H and O–H groups in total. The molecular weight excluding hydrogens is 298 g/mol. The highest BCUT2D eigenvalue weighted by Gasteiger charge is 2.29. The van der Waals surface area contributed by atoms with Crippen LogP contribution in [0.15, 0.2) is 41.8 Å². The third kappa shape index (κ3) is 3.31. The molecule has 2 heterocycles. The number of nitrogens with zero attached hydrogens (tertiary/aromatic N) is 1. The summed E-state index contributed by atoms with van der Waals surface area (Å²) in [4.78, 5) is 15.8. The summed E-state index contributed by atoms with van der Waals surface area (Å²) in [5.74, 6) is 0.820. The molecule has 1 amide bonds. The summed E-state index contributed by atoms with van der Waals surface area (Å²) >= 11 is 1.65. The molecule has 0 radical (unpaired) electrons. The zero-order valence-corrected chi connectivity index (χ0v) is 13.3. The Labute approximate surface area is 134 Å². The standard InChI is InChI=1S/C17H19NO3S/c1-20-14-8-6-13(7-9-14)18(12-15-4-3-11-22-15)17(19)16-5-2-10-21-16/h3-4,6-9,11,16H,2,5,10,12H2,1H3. The molecule has 1 aromatic heterocycles. The van der Waals surface area contributed by atoms with Crippen LogP contribution in [0.4, 0.5) is 5.69 Å². The van der Waals surface area contributed by atoms with Gasteiger partial charge in [-0.05, 0) is 48.6 Å². The minimum absolute atomic E-state index is 0.0380. The van der Waals surface area contributed by atoms with Crippen molar-refractivity contribution >= 4 is 22.9 Å². The van der Waals surface area contributed by atoms with Crippen LogP contribution in [0.25, 0.3) is 0 Å². The van der Waals surface area contributed by atoms with Gasteiger partial charge < -0.3 is 14.4 Å². The first-order chi connectivity index (χ1) is 10.8. The highest BCUT2D eigenvalue weighted by Crippen LogP contribution is 2.25. The van der Waals surface area contributed by atoms with Crippen molar-refractivity contribution in [1.82, 2.24) is 0 Å². The van der Waals surface area contributed by atoms with E-state index in [0.29, 0.717) is 13.2 Å². The Morgan fingerprint density at radius 3 is 2.77 bits per heavy atom. The third-order valence-corrected chi connectivity index (χ3v) is 4.61. The minimum atomic E-state index is -0.318. The van der Waals surface area contributed by atoms with E-state index in [2.05, 4.69) is 0 Å². The van der Waals surface area contributed by atoms with E-state index >= 15 is 0 Å². The van der Waals surface area contributed by atoms with Crippen molar-refractivity contribution in [3.63, 3.8) is 0 Å². The lowest BCUT2D eigenvalue weighted by Crippen LogP contribution is -2.38. The first kappa shape index (κ1) is 15.1. The molecule has 0 spiro atoms. The van der Waals surface area contributed by atoms with Crippen LogP contribution in [0.5, 0.6) is 5.75 Å². The molecule has 3 rings (SSSR count). The highest BCUT2D eigenvalue weighted by atomic mass is 32.1. The van der Waals surface area contributed by atoms with E-state index in [1.54, 1.807) is 23.3 Å². The third-order valence-electron chi connectivity index (χ3n) is 3.75. The first-order valence-electron chi connectivity index (χ1n) is 7.37. The molecule has 1 unspecified atom stereocenters. The van der Waals surface area contributed by atoms with Crippen LogP contribution in [0.1, 0.15) is 17.7 Å². The summed E-state index contributed by atoms with van der Waals surface area (Å²) in [5, 5.41) is 2.03. The van der Waals surface area contributed by atoms with E-state index in [-0.39, 0.29) is 12.0 Å². The zero-order valence-electron chi connectivity index (χ0n) is 12.5. The number of methoxy groups -OCH3 is 1. The quantitative estimate of drug-likeness (QED) is 0.847. The van der Waals surface area contributed by atoms with Crippen molar-refractivity contribution in [2.24, 2.45) is 0 Å². The lowest BCUT2D eigenvalue weighted by molar-refractivity contribution is -0.127. The number of ether oxygens (including phenoxy) is 2. The summed E-state index contributed by atoms with van der Waals surface area (Å²) in [6.45, 7) is 1.24. The lowest BCUT2D eigenvalue weighted by atomic mass is 10.2. The van der Waals surface area contributed by atoms with Crippen LogP contribution in [-0.2, 0) is 16.1 Å². The van der Waals surface area contributed by atoms with Gasteiger partial charge in [0.05, 0.1) is 13.7 Å². The molecular formula is C17H19NO3S. The number of thiophene rings is 1. The number of amides is 1. The maximum atomic E-state index is 12.8. The Morgan fingerprint density at radius 2 is 2.18 bits per heavy atom. The fourth-order valence-corrected chi connectivity index (χ4v) is 3.26. The van der Waals surface area contributed by atoms with Gasteiger partial charge in [-0.15, -0.1) is 11.3 Å². The van der Waals surface area contributed by atoms with Crippen LogP contribution in [0.2, 0.25) is 0 Å². The van der Waals surface area contributed by atoms with Crippen molar-refractivity contribution in [3.8, 4) is 5.75 Å². The van der Waals surface area contributed by atoms with Crippen LogP contribution >= 0.6 is 11.3 Å². The topological polar surface area (TPSA) is 38.8 Å². The van der Waals surface area contributed by atoms with Gasteiger partial charge in [-0.25, -0.2) is 0 Å². The van der Waals surface area contributed by atoms with Crippen LogP contribution < -0.4 is 9.64 Å². The maximum absolute atomic E-state index is 12.8. The molecule has 1 fully saturated rings. The summed E-state index contributed by atoms with van der Waals surface area (Å²) < 4.78 is 10.8. The molecule has 1 aromatic carbocycles. The van der Waals surface area contributed by atoms with Crippen molar-refractivity contribution in [1.29, 1.82) is 0 Å². The van der Waals surface area contributed by atoms with Crippen molar-refractivity contribution < 1.29 is 14.3 Å². The molecule has 1 atom stereocenters. The smallest absolute Gasteiger partial charge is 0.256 e. The molecule has 116 valence electrons. The molecule has 1 aliphatic rings. The van der Waals surface area contributed by atoms with Crippen molar-refractivity contribution in [2.45, 2.75) is 25.5 Å². The Bertz CT molecular complexity index is 603. The van der Waals surface area contributed by atoms with E-state index in [1.165, 1.54) is 0 Å². The van der Waals surface area contributed by atoms with Gasteiger partial charge in [0.1, 0.15) is 11.9 Å². The second-order valence-corrected chi connectivity index (χ2v) is 6.24. The highest BCUT2D eigenvalue weighted by molar-refractivity contribution is 7.09. The average molecular weight is 317 g/mol. The number of rotatable bonds is 5. The van der Waals surface area contributed by atoms with Gasteiger partial charge in [0.25, 0.3) is 5.91 Å². The van der Waals surface area contributed by atoms with Gasteiger partial charge in [0.15, 0.2) is 0 Å². The fraction of sp³-hybridized carbons (Fsp3) is 0.353. The summed E-state index contributed by atoms with van der Waals surface area (Å²) in [6, 6.07) is 11.6. The molecule has 5 heteroatoms. The predicted octanol–water partition coefficient (Wildman–Crippen LogP) is 3.47. The van der Waals surface area contributed by atoms with Crippen LogP contribution in [-0.4, -0.2) is 25.7 Å². The molecule has 0 bridgehead atoms. The summed E-state index contributed by atoms with van der Waals surface area (Å²) in [7, 11) is 1.63. The van der Waals surface area contributed by atoms with Gasteiger partial charge in [0.2, 0.25) is 0 Å². The molecule has 22 heavy (non-hydrogen) atoms. The fourth-order valence-electron chi connectivity index (χ4n) is 2.56. The number of benzene rings is 1. The van der Waals surface area contributed by atoms with Gasteiger partial charge in [0, 0.05) is 17.2 Å². The Kier molecular flexibility index (Phi) is 4.75. The summed E-state index contributed by atoms with van der Waals surface area (Å²) in [6.07, 6.45) is 1.43. The van der Waals surface area contributed by atoms with E-state index in [0.717, 1.165) is 29.2 Å². The number of carbonyl (C=O) groups excluding carboxylic acids is 1. The van der Waals surface area contributed by atoms with Gasteiger partial charge in [-0.1, -0.05) is 6.07 Å². The molecule has 1 aliphatic heterocycles. The van der Waals surface area contributed by atoms with E-state index in [9.17, 15) is 4.79 Å². The summed E-state index contributed by atoms with van der Waals surface area (Å²) in [5.41, 5.74) is 0.870. The number of hydrogen-bond donors (Lipinski definition) is 0. The molecule has 1 saturated heterocycles. The number of hydrogen-bond acceptors (Lipinski definition) is 4. The SMILES string of the molecule is COc1ccc(N(Cc2cccs2)C(=O)C2CCCO2)cc1. The molecule has 0 saturated carbocycles. The molecule has 4 nitrogen and oxygen atoms in total. The van der Waals surface area contributed by atoms with E-state index < -0.39 is 0 Å². The van der Waals surface area contributed by atoms with Gasteiger partial charge >= 0.3 is 0 Å². The normalized spacial score (nSPS) is 17.4. The van der Waals surface area contributed by atoms with Crippen LogP contribution in [0, 0.1) is 0 Å². The van der Waals surface area contributed by atoms with Crippen LogP contribution in [0.3, 0.4) is 0 Å². The second kappa shape index (κ2) is 6.94. The monoisotopic (exact) mass is 317 g/mol. The maximum Gasteiger partial charge on any atom is 0.256 e. The Hall–Kier alpha value is -1.85. The first-order valence-corrected chi connectivity index (χ1v) is 8.25. The predicted molar refractivity (Wildman–Crippen MR) is 87.5 cm³/mol. The largest absolute Gasteiger partial charge is 0.497 e. The average Bonchev–Trinajstić information content (AvgIpc) is 3.25. The Morgan fingerprint density at radius 1 is 1.36 bits per heavy atom. The Balaban J connectivity index is 1.85. The van der Waals surface area contributed by atoms with Gasteiger partial charge in [-0.2, -0.15) is 0 Å². The molecule has 0 aliphatic carbocycles. The van der Waals surface area contributed by atoms with Crippen molar-refractivity contribution in [3.05, 3.63) is 46.7 Å². The number of anilines is 1. The zero-order chi connectivity index (χ0) is 15.4. The number of carbonyl (C=O) groups is 1. The second-order valence-electron chi connectivity index (χ2n) is 5.20. The van der Waals surface area contributed by atoms with Crippen molar-refractivity contribution in [2.75, 3.05) is 18.6 Å². The minimum Gasteiger partial charge on any atom is -0.497 e. The van der Waals surface area contributed by atoms with E-state index in [1.807, 2.05) is 41.8 Å². The van der Waals surface area contributed by atoms with E-state index in [4.69, 9.17) is 9.47 Å². The molecule has 2 aromatic rings. The lowest BCUT2D eigenvalue weighted by Gasteiger charge is -2.25.